The van der Waals surface area contributed by atoms with Crippen LogP contribution < -0.4 is 0 Å². The fourth-order valence-corrected chi connectivity index (χ4v) is 2.38. The Balaban J connectivity index is 0.00000137. The van der Waals surface area contributed by atoms with Crippen molar-refractivity contribution in [2.45, 2.75) is 67.2 Å². The van der Waals surface area contributed by atoms with E-state index in [-0.39, 0.29) is 5.92 Å². The Hall–Kier alpha value is -0.530. The third-order valence-corrected chi connectivity index (χ3v) is 3.57. The van der Waals surface area contributed by atoms with Crippen LogP contribution in [0, 0.1) is 17.8 Å². The molecule has 2 nitrogen and oxygen atoms in total. The molecule has 1 amide bonds. The number of carbonyl (C=O) groups is 1. The number of likely N-dealkylation sites (tertiary alicyclic amines) is 1. The molecule has 0 bridgehead atoms. The largest absolute Gasteiger partial charge is 0.342 e. The normalized spacial score (nSPS) is 16.8. The van der Waals surface area contributed by atoms with Gasteiger partial charge in [0.15, 0.2) is 0 Å². The highest BCUT2D eigenvalue weighted by molar-refractivity contribution is 5.78. The van der Waals surface area contributed by atoms with Crippen LogP contribution in [0.3, 0.4) is 0 Å². The second-order valence-corrected chi connectivity index (χ2v) is 5.89. The van der Waals surface area contributed by atoms with E-state index < -0.39 is 0 Å². The first-order valence-electron chi connectivity index (χ1n) is 7.79. The van der Waals surface area contributed by atoms with Crippen LogP contribution in [0.1, 0.15) is 67.2 Å². The molecule has 1 aliphatic rings. The molecule has 18 heavy (non-hydrogen) atoms. The maximum Gasteiger partial charge on any atom is 0.225 e. The number of carbonyl (C=O) groups excluding carboxylic acids is 1. The second-order valence-electron chi connectivity index (χ2n) is 5.89. The molecular weight excluding hydrogens is 222 g/mol. The highest BCUT2D eigenvalue weighted by atomic mass is 16.2. The Morgan fingerprint density at radius 1 is 1.11 bits per heavy atom. The quantitative estimate of drug-likeness (QED) is 0.731. The Bertz CT molecular complexity index is 215. The summed E-state index contributed by atoms with van der Waals surface area (Å²) in [5, 5.41) is 0. The Kier molecular flexibility index (Phi) is 9.13. The molecule has 1 fully saturated rings. The molecule has 0 aromatic carbocycles. The molecule has 1 aliphatic heterocycles. The summed E-state index contributed by atoms with van der Waals surface area (Å²) in [5.41, 5.74) is 0. The van der Waals surface area contributed by atoms with Crippen LogP contribution in [0.4, 0.5) is 0 Å². The smallest absolute Gasteiger partial charge is 0.225 e. The van der Waals surface area contributed by atoms with Crippen molar-refractivity contribution < 1.29 is 4.79 Å². The fourth-order valence-electron chi connectivity index (χ4n) is 2.38. The summed E-state index contributed by atoms with van der Waals surface area (Å²) < 4.78 is 0. The number of piperidine rings is 1. The van der Waals surface area contributed by atoms with E-state index in [1.165, 1.54) is 25.7 Å². The lowest BCUT2D eigenvalue weighted by Gasteiger charge is -2.33. The number of hydrogen-bond donors (Lipinski definition) is 0. The lowest BCUT2D eigenvalue weighted by molar-refractivity contribution is -0.135. The summed E-state index contributed by atoms with van der Waals surface area (Å²) in [6, 6.07) is 0. The first kappa shape index (κ1) is 17.5. The molecule has 2 heteroatoms. The van der Waals surface area contributed by atoms with Gasteiger partial charge in [0.25, 0.3) is 0 Å². The molecule has 0 aliphatic carbocycles. The molecule has 0 aromatic rings. The summed E-state index contributed by atoms with van der Waals surface area (Å²) in [6.45, 7) is 14.5. The van der Waals surface area contributed by atoms with Crippen molar-refractivity contribution in [3.63, 3.8) is 0 Å². The second kappa shape index (κ2) is 9.41. The highest BCUT2D eigenvalue weighted by Crippen LogP contribution is 2.24. The van der Waals surface area contributed by atoms with Crippen molar-refractivity contribution in [3.05, 3.63) is 0 Å². The van der Waals surface area contributed by atoms with E-state index in [0.717, 1.165) is 24.9 Å². The summed E-state index contributed by atoms with van der Waals surface area (Å²) in [6.07, 6.45) is 5.11. The van der Waals surface area contributed by atoms with E-state index in [1.807, 2.05) is 27.7 Å². The third-order valence-electron chi connectivity index (χ3n) is 3.57. The van der Waals surface area contributed by atoms with Gasteiger partial charge in [-0.3, -0.25) is 4.79 Å². The van der Waals surface area contributed by atoms with Gasteiger partial charge in [0.2, 0.25) is 5.91 Å². The minimum absolute atomic E-state index is 0.159. The van der Waals surface area contributed by atoms with Gasteiger partial charge in [-0.25, -0.2) is 0 Å². The Morgan fingerprint density at radius 3 is 2.00 bits per heavy atom. The van der Waals surface area contributed by atoms with Crippen molar-refractivity contribution in [1.29, 1.82) is 0 Å². The summed E-state index contributed by atoms with van der Waals surface area (Å²) >= 11 is 0. The van der Waals surface area contributed by atoms with Crippen LogP contribution >= 0.6 is 0 Å². The average molecular weight is 255 g/mol. The molecule has 108 valence electrons. The van der Waals surface area contributed by atoms with Gasteiger partial charge in [0.1, 0.15) is 0 Å². The fraction of sp³-hybridized carbons (Fsp3) is 0.938. The number of rotatable bonds is 4. The Labute approximate surface area is 114 Å². The van der Waals surface area contributed by atoms with Crippen molar-refractivity contribution >= 4 is 5.91 Å². The van der Waals surface area contributed by atoms with E-state index in [4.69, 9.17) is 0 Å². The number of amides is 1. The summed E-state index contributed by atoms with van der Waals surface area (Å²) in [4.78, 5) is 13.8. The molecule has 0 spiro atoms. The van der Waals surface area contributed by atoms with E-state index in [0.29, 0.717) is 5.91 Å². The van der Waals surface area contributed by atoms with Crippen molar-refractivity contribution in [3.8, 4) is 0 Å². The van der Waals surface area contributed by atoms with E-state index in [1.54, 1.807) is 0 Å². The molecule has 0 atom stereocenters. The minimum atomic E-state index is 0.159. The Morgan fingerprint density at radius 2 is 1.61 bits per heavy atom. The first-order chi connectivity index (χ1) is 8.50. The highest BCUT2D eigenvalue weighted by Gasteiger charge is 2.23. The van der Waals surface area contributed by atoms with Crippen LogP contribution in [0.5, 0.6) is 0 Å². The molecule has 0 saturated carbocycles. The van der Waals surface area contributed by atoms with Gasteiger partial charge in [-0.2, -0.15) is 0 Å². The van der Waals surface area contributed by atoms with Crippen LogP contribution in [-0.4, -0.2) is 23.9 Å². The molecule has 0 unspecified atom stereocenters. The third kappa shape index (κ3) is 6.42. The van der Waals surface area contributed by atoms with Crippen molar-refractivity contribution in [2.75, 3.05) is 13.1 Å². The van der Waals surface area contributed by atoms with Crippen LogP contribution in [0.2, 0.25) is 0 Å². The predicted molar refractivity (Wildman–Crippen MR) is 79.6 cm³/mol. The average Bonchev–Trinajstić information content (AvgIpc) is 2.38. The zero-order chi connectivity index (χ0) is 14.1. The first-order valence-corrected chi connectivity index (χ1v) is 7.79. The molecule has 1 heterocycles. The van der Waals surface area contributed by atoms with Crippen molar-refractivity contribution in [2.24, 2.45) is 17.8 Å². The number of hydrogen-bond acceptors (Lipinski definition) is 1. The molecule has 1 saturated heterocycles. The summed E-state index contributed by atoms with van der Waals surface area (Å²) in [7, 11) is 0. The maximum absolute atomic E-state index is 11.8. The van der Waals surface area contributed by atoms with E-state index in [9.17, 15) is 4.79 Å². The van der Waals surface area contributed by atoms with E-state index in [2.05, 4.69) is 18.7 Å². The lowest BCUT2D eigenvalue weighted by Crippen LogP contribution is -2.40. The van der Waals surface area contributed by atoms with Gasteiger partial charge in [0, 0.05) is 19.0 Å². The topological polar surface area (TPSA) is 20.3 Å². The molecule has 0 N–H and O–H groups in total. The van der Waals surface area contributed by atoms with E-state index >= 15 is 0 Å². The zero-order valence-corrected chi connectivity index (χ0v) is 13.3. The summed E-state index contributed by atoms with van der Waals surface area (Å²) in [5.74, 6) is 2.17. The minimum Gasteiger partial charge on any atom is -0.342 e. The molecule has 0 aromatic heterocycles. The SMILES string of the molecule is CC.CC(C)CCC1CCN(C(=O)C(C)C)CC1. The van der Waals surface area contributed by atoms with Crippen LogP contribution in [-0.2, 0) is 4.79 Å². The van der Waals surface area contributed by atoms with Gasteiger partial charge >= 0.3 is 0 Å². The van der Waals surface area contributed by atoms with Crippen molar-refractivity contribution in [1.82, 2.24) is 4.90 Å². The van der Waals surface area contributed by atoms with Crippen LogP contribution in [0.25, 0.3) is 0 Å². The lowest BCUT2D eigenvalue weighted by atomic mass is 9.89. The monoisotopic (exact) mass is 255 g/mol. The molecule has 1 rings (SSSR count). The molecule has 0 radical (unpaired) electrons. The van der Waals surface area contributed by atoms with Gasteiger partial charge < -0.3 is 4.90 Å². The number of nitrogens with zero attached hydrogens (tertiary/aromatic N) is 1. The van der Waals surface area contributed by atoms with Gasteiger partial charge in [0.05, 0.1) is 0 Å². The van der Waals surface area contributed by atoms with Crippen LogP contribution in [0.15, 0.2) is 0 Å². The molecular formula is C16H33NO. The van der Waals surface area contributed by atoms with Gasteiger partial charge in [-0.15, -0.1) is 0 Å². The standard InChI is InChI=1S/C14H27NO.C2H6/c1-11(2)5-6-13-7-9-15(10-8-13)14(16)12(3)4;1-2/h11-13H,5-10H2,1-4H3;1-2H3. The van der Waals surface area contributed by atoms with Gasteiger partial charge in [-0.1, -0.05) is 54.4 Å². The van der Waals surface area contributed by atoms with Gasteiger partial charge in [-0.05, 0) is 24.7 Å². The predicted octanol–water partition coefficient (Wildman–Crippen LogP) is 4.34. The zero-order valence-electron chi connectivity index (χ0n) is 13.3. The maximum atomic E-state index is 11.8.